The van der Waals surface area contributed by atoms with Crippen LogP contribution in [0.15, 0.2) is 48.5 Å². The summed E-state index contributed by atoms with van der Waals surface area (Å²) in [5.41, 5.74) is -5.58. The van der Waals surface area contributed by atoms with Crippen LogP contribution in [0, 0.1) is 0 Å². The van der Waals surface area contributed by atoms with Crippen molar-refractivity contribution in [2.24, 2.45) is 0 Å². The van der Waals surface area contributed by atoms with Crippen molar-refractivity contribution < 1.29 is 43.7 Å². The van der Waals surface area contributed by atoms with Crippen molar-refractivity contribution in [3.8, 4) is 0 Å². The molecule has 32 heavy (non-hydrogen) atoms. The van der Waals surface area contributed by atoms with Gasteiger partial charge in [0, 0.05) is 7.05 Å². The van der Waals surface area contributed by atoms with Crippen LogP contribution in [0.2, 0.25) is 0 Å². The minimum absolute atomic E-state index is 0.0142. The molecule has 0 saturated heterocycles. The van der Waals surface area contributed by atoms with Crippen molar-refractivity contribution in [3.63, 3.8) is 0 Å². The molecule has 1 N–H and O–H groups in total. The first-order chi connectivity index (χ1) is 14.6. The van der Waals surface area contributed by atoms with Crippen LogP contribution in [-0.2, 0) is 43.5 Å². The number of halogens is 6. The number of hydrogen-bond donors (Lipinski definition) is 1. The molecule has 5 nitrogen and oxygen atoms in total. The Morgan fingerprint density at radius 2 is 1.41 bits per heavy atom. The smallest absolute Gasteiger partial charge is 0.356 e. The summed E-state index contributed by atoms with van der Waals surface area (Å²) in [6.07, 6.45) is -10.5. The van der Waals surface area contributed by atoms with Crippen molar-refractivity contribution in [3.05, 3.63) is 70.8 Å². The largest absolute Gasteiger partial charge is 0.416 e. The summed E-state index contributed by atoms with van der Waals surface area (Å²) in [5, 5.41) is 2.25. The maximum Gasteiger partial charge on any atom is 0.416 e. The molecule has 0 heterocycles. The first kappa shape index (κ1) is 25.7. The molecule has 0 bridgehead atoms. The highest BCUT2D eigenvalue weighted by Crippen LogP contribution is 2.38. The number of carbonyl (C=O) groups is 1. The molecule has 1 unspecified atom stereocenters. The highest BCUT2D eigenvalue weighted by molar-refractivity contribution is 7.86. The van der Waals surface area contributed by atoms with Crippen LogP contribution in [0.1, 0.15) is 28.7 Å². The van der Waals surface area contributed by atoms with E-state index in [0.717, 1.165) is 0 Å². The highest BCUT2D eigenvalue weighted by atomic mass is 32.2. The summed E-state index contributed by atoms with van der Waals surface area (Å²) in [7, 11) is -3.08. The molecule has 1 atom stereocenters. The van der Waals surface area contributed by atoms with E-state index in [1.165, 1.54) is 31.3 Å². The first-order valence-electron chi connectivity index (χ1n) is 9.05. The molecule has 176 valence electrons. The maximum absolute atomic E-state index is 13.1. The molecule has 0 fully saturated rings. The number of rotatable bonds is 7. The number of amides is 1. The third-order valence-corrected chi connectivity index (χ3v) is 5.13. The molecule has 2 aromatic rings. The fourth-order valence-corrected chi connectivity index (χ4v) is 3.94. The van der Waals surface area contributed by atoms with Crippen LogP contribution >= 0.6 is 0 Å². The van der Waals surface area contributed by atoms with Gasteiger partial charge in [-0.1, -0.05) is 30.3 Å². The van der Waals surface area contributed by atoms with Crippen LogP contribution in [0.4, 0.5) is 26.3 Å². The zero-order chi connectivity index (χ0) is 24.4. The molecule has 0 spiro atoms. The Kier molecular flexibility index (Phi) is 7.30. The topological polar surface area (TPSA) is 72.5 Å². The van der Waals surface area contributed by atoms with Gasteiger partial charge >= 0.3 is 12.4 Å². The van der Waals surface area contributed by atoms with Gasteiger partial charge in [-0.25, -0.2) is 4.18 Å². The average molecular weight is 483 g/mol. The number of aryl methyl sites for hydroxylation is 1. The third-order valence-electron chi connectivity index (χ3n) is 4.54. The Bertz CT molecular complexity index is 1040. The molecule has 0 aliphatic rings. The van der Waals surface area contributed by atoms with Crippen molar-refractivity contribution >= 4 is 16.0 Å². The van der Waals surface area contributed by atoms with Gasteiger partial charge in [0.05, 0.1) is 17.4 Å². The predicted octanol–water partition coefficient (Wildman–Crippen LogP) is 4.27. The van der Waals surface area contributed by atoms with Gasteiger partial charge in [-0.2, -0.15) is 34.8 Å². The normalized spacial score (nSPS) is 14.6. The monoisotopic (exact) mass is 483 g/mol. The fourth-order valence-electron chi connectivity index (χ4n) is 3.17. The van der Waals surface area contributed by atoms with Gasteiger partial charge in [-0.3, -0.25) is 4.79 Å². The van der Waals surface area contributed by atoms with E-state index in [0.29, 0.717) is 18.4 Å². The molecule has 2 rings (SSSR count). The Hall–Kier alpha value is -2.60. The standard InChI is InChI=1S/C20H19F6NO4S/c1-27-17(28)18(31-32(2,29)30,14-6-4-3-5-7-14)9-8-13-10-15(19(21,22)23)12-16(11-13)20(24,25)26/h3-7,10-12H,8-9H2,1-2H3,(H,27,28). The van der Waals surface area contributed by atoms with E-state index in [4.69, 9.17) is 4.18 Å². The van der Waals surface area contributed by atoms with Crippen molar-refractivity contribution in [1.29, 1.82) is 0 Å². The molecule has 1 amide bonds. The molecular formula is C20H19F6NO4S. The quantitative estimate of drug-likeness (QED) is 0.472. The fraction of sp³-hybridized carbons (Fsp3) is 0.350. The molecular weight excluding hydrogens is 464 g/mol. The molecule has 0 saturated carbocycles. The van der Waals surface area contributed by atoms with Crippen molar-refractivity contribution in [2.75, 3.05) is 13.3 Å². The molecule has 0 aliphatic heterocycles. The SMILES string of the molecule is CNC(=O)C(CCc1cc(C(F)(F)F)cc(C(F)(F)F)c1)(OS(C)(=O)=O)c1ccccc1. The summed E-state index contributed by atoms with van der Waals surface area (Å²) in [6.45, 7) is 0. The second kappa shape index (κ2) is 9.10. The summed E-state index contributed by atoms with van der Waals surface area (Å²) in [6, 6.07) is 8.29. The van der Waals surface area contributed by atoms with Gasteiger partial charge in [0.15, 0.2) is 5.60 Å². The predicted molar refractivity (Wildman–Crippen MR) is 103 cm³/mol. The summed E-state index contributed by atoms with van der Waals surface area (Å²) in [5.74, 6) is -0.933. The Morgan fingerprint density at radius 3 is 1.81 bits per heavy atom. The van der Waals surface area contributed by atoms with Crippen LogP contribution in [-0.4, -0.2) is 27.6 Å². The minimum Gasteiger partial charge on any atom is -0.356 e. The van der Waals surface area contributed by atoms with E-state index >= 15 is 0 Å². The van der Waals surface area contributed by atoms with Gasteiger partial charge in [-0.05, 0) is 42.2 Å². The van der Waals surface area contributed by atoms with E-state index in [9.17, 15) is 39.6 Å². The van der Waals surface area contributed by atoms with Gasteiger partial charge in [-0.15, -0.1) is 0 Å². The average Bonchev–Trinajstić information content (AvgIpc) is 2.68. The number of hydrogen-bond acceptors (Lipinski definition) is 4. The summed E-state index contributed by atoms with van der Waals surface area (Å²) < 4.78 is 108. The van der Waals surface area contributed by atoms with E-state index in [1.54, 1.807) is 6.07 Å². The Balaban J connectivity index is 2.60. The van der Waals surface area contributed by atoms with E-state index < -0.39 is 63.5 Å². The molecule has 12 heteroatoms. The zero-order valence-corrected chi connectivity index (χ0v) is 17.7. The zero-order valence-electron chi connectivity index (χ0n) is 16.8. The Labute approximate surface area is 180 Å². The van der Waals surface area contributed by atoms with Crippen molar-refractivity contribution in [2.45, 2.75) is 30.8 Å². The highest BCUT2D eigenvalue weighted by Gasteiger charge is 2.44. The van der Waals surface area contributed by atoms with E-state index in [2.05, 4.69) is 5.32 Å². The van der Waals surface area contributed by atoms with Crippen molar-refractivity contribution in [1.82, 2.24) is 5.32 Å². The number of benzene rings is 2. The number of carbonyl (C=O) groups excluding carboxylic acids is 1. The number of alkyl halides is 6. The van der Waals surface area contributed by atoms with Gasteiger partial charge in [0.1, 0.15) is 0 Å². The van der Waals surface area contributed by atoms with Crippen LogP contribution in [0.3, 0.4) is 0 Å². The molecule has 0 aromatic heterocycles. The van der Waals surface area contributed by atoms with Gasteiger partial charge in [0.25, 0.3) is 16.0 Å². The lowest BCUT2D eigenvalue weighted by Gasteiger charge is -2.31. The van der Waals surface area contributed by atoms with Crippen LogP contribution in [0.5, 0.6) is 0 Å². The lowest BCUT2D eigenvalue weighted by atomic mass is 9.86. The van der Waals surface area contributed by atoms with Crippen LogP contribution < -0.4 is 5.32 Å². The first-order valence-corrected chi connectivity index (χ1v) is 10.9. The molecule has 2 aromatic carbocycles. The maximum atomic E-state index is 13.1. The molecule has 0 aliphatic carbocycles. The van der Waals surface area contributed by atoms with E-state index in [-0.39, 0.29) is 11.6 Å². The van der Waals surface area contributed by atoms with Crippen LogP contribution in [0.25, 0.3) is 0 Å². The summed E-state index contributed by atoms with van der Waals surface area (Å²) in [4.78, 5) is 12.7. The number of likely N-dealkylation sites (N-methyl/N-ethyl adjacent to an activating group) is 1. The lowest BCUT2D eigenvalue weighted by Crippen LogP contribution is -2.46. The van der Waals surface area contributed by atoms with Gasteiger partial charge < -0.3 is 5.32 Å². The van der Waals surface area contributed by atoms with E-state index in [1.807, 2.05) is 0 Å². The second-order valence-electron chi connectivity index (χ2n) is 6.97. The summed E-state index contributed by atoms with van der Waals surface area (Å²) >= 11 is 0. The lowest BCUT2D eigenvalue weighted by molar-refractivity contribution is -0.143. The van der Waals surface area contributed by atoms with Gasteiger partial charge in [0.2, 0.25) is 0 Å². The second-order valence-corrected chi connectivity index (χ2v) is 8.55. The molecule has 0 radical (unpaired) electrons. The third kappa shape index (κ3) is 6.22. The Morgan fingerprint density at radius 1 is 0.906 bits per heavy atom. The minimum atomic E-state index is -5.05. The number of nitrogens with one attached hydrogen (secondary N) is 1.